The molecule has 3 aromatic carbocycles. The van der Waals surface area contributed by atoms with Gasteiger partial charge in [-0.15, -0.1) is 0 Å². The number of piperazine rings is 1. The van der Waals surface area contributed by atoms with Crippen LogP contribution >= 0.6 is 0 Å². The van der Waals surface area contributed by atoms with Crippen LogP contribution in [0.1, 0.15) is 18.1 Å². The number of nitrogens with zero attached hydrogens (tertiary/aromatic N) is 2. The lowest BCUT2D eigenvalue weighted by molar-refractivity contribution is -0.133. The Hall–Kier alpha value is -3.56. The lowest BCUT2D eigenvalue weighted by Crippen LogP contribution is -2.55. The van der Waals surface area contributed by atoms with E-state index >= 15 is 0 Å². The first-order valence-electron chi connectivity index (χ1n) is 12.8. The summed E-state index contributed by atoms with van der Waals surface area (Å²) >= 11 is 0. The van der Waals surface area contributed by atoms with E-state index in [1.54, 1.807) is 31.1 Å². The van der Waals surface area contributed by atoms with Crippen LogP contribution in [-0.2, 0) is 21.2 Å². The predicted octanol–water partition coefficient (Wildman–Crippen LogP) is 3.64. The molecular weight excluding hydrogens is 502 g/mol. The van der Waals surface area contributed by atoms with Gasteiger partial charge in [-0.3, -0.25) is 4.79 Å². The highest BCUT2D eigenvalue weighted by molar-refractivity contribution is 7.89. The Labute approximate surface area is 225 Å². The Morgan fingerprint density at radius 3 is 2.29 bits per heavy atom. The second-order valence-electron chi connectivity index (χ2n) is 9.21. The zero-order valence-electron chi connectivity index (χ0n) is 22.1. The first-order chi connectivity index (χ1) is 18.3. The fourth-order valence-corrected chi connectivity index (χ4v) is 5.94. The van der Waals surface area contributed by atoms with Crippen LogP contribution in [0.5, 0.6) is 11.5 Å². The molecule has 4 rings (SSSR count). The number of carbonyl (C=O) groups is 1. The van der Waals surface area contributed by atoms with Crippen LogP contribution in [-0.4, -0.2) is 65.2 Å². The number of carbonyl (C=O) groups excluding carboxylic acids is 1. The minimum absolute atomic E-state index is 0.102. The minimum Gasteiger partial charge on any atom is -0.495 e. The van der Waals surface area contributed by atoms with Gasteiger partial charge < -0.3 is 19.3 Å². The number of hydrogen-bond acceptors (Lipinski definition) is 6. The summed E-state index contributed by atoms with van der Waals surface area (Å²) in [5.41, 5.74) is 2.58. The summed E-state index contributed by atoms with van der Waals surface area (Å²) in [6.07, 6.45) is 0.252. The molecule has 38 heavy (non-hydrogen) atoms. The molecule has 0 spiro atoms. The normalized spacial score (nSPS) is 14.7. The second-order valence-corrected chi connectivity index (χ2v) is 10.9. The molecule has 0 radical (unpaired) electrons. The molecule has 0 aromatic heterocycles. The highest BCUT2D eigenvalue weighted by atomic mass is 32.2. The van der Waals surface area contributed by atoms with Crippen molar-refractivity contribution in [3.8, 4) is 11.5 Å². The van der Waals surface area contributed by atoms with Crippen LogP contribution < -0.4 is 19.1 Å². The number of nitrogens with one attached hydrogen (secondary N) is 1. The summed E-state index contributed by atoms with van der Waals surface area (Å²) in [5.74, 6) is 1.18. The van der Waals surface area contributed by atoms with Gasteiger partial charge in [0.2, 0.25) is 15.9 Å². The molecule has 0 bridgehead atoms. The van der Waals surface area contributed by atoms with E-state index in [9.17, 15) is 13.2 Å². The molecule has 1 aliphatic heterocycles. The number of para-hydroxylation sites is 2. The molecule has 202 valence electrons. The lowest BCUT2D eigenvalue weighted by atomic mass is 10.1. The molecule has 1 unspecified atom stereocenters. The molecule has 1 amide bonds. The van der Waals surface area contributed by atoms with E-state index in [4.69, 9.17) is 9.47 Å². The van der Waals surface area contributed by atoms with E-state index in [0.29, 0.717) is 44.1 Å². The standard InChI is InChI=1S/C29H35N3O5S/c1-4-37-27-15-14-24(20-22(27)2)38(34,35)30-25(21-23-10-6-5-7-11-23)29(33)32-18-16-31(17-19-32)26-12-8-9-13-28(26)36-3/h5-15,20,25,30H,4,16-19,21H2,1-3H3. The molecule has 9 heteroatoms. The van der Waals surface area contributed by atoms with Crippen molar-refractivity contribution >= 4 is 21.6 Å². The highest BCUT2D eigenvalue weighted by Crippen LogP contribution is 2.28. The van der Waals surface area contributed by atoms with Gasteiger partial charge in [0, 0.05) is 26.2 Å². The minimum atomic E-state index is -3.96. The van der Waals surface area contributed by atoms with Gasteiger partial charge in [0.25, 0.3) is 0 Å². The number of amides is 1. The molecule has 1 N–H and O–H groups in total. The Kier molecular flexibility index (Phi) is 8.91. The topological polar surface area (TPSA) is 88.2 Å². The summed E-state index contributed by atoms with van der Waals surface area (Å²) in [5, 5.41) is 0. The van der Waals surface area contributed by atoms with Crippen molar-refractivity contribution in [2.24, 2.45) is 0 Å². The van der Waals surface area contributed by atoms with Crippen molar-refractivity contribution in [3.05, 3.63) is 83.9 Å². The summed E-state index contributed by atoms with van der Waals surface area (Å²) in [4.78, 5) is 17.7. The molecule has 1 atom stereocenters. The SMILES string of the molecule is CCOc1ccc(S(=O)(=O)NC(Cc2ccccc2)C(=O)N2CCN(c3ccccc3OC)CC2)cc1C. The number of hydrogen-bond donors (Lipinski definition) is 1. The number of sulfonamides is 1. The molecule has 1 saturated heterocycles. The van der Waals surface area contributed by atoms with Gasteiger partial charge in [-0.1, -0.05) is 42.5 Å². The van der Waals surface area contributed by atoms with Crippen molar-refractivity contribution in [1.29, 1.82) is 0 Å². The fraction of sp³-hybridized carbons (Fsp3) is 0.345. The average Bonchev–Trinajstić information content (AvgIpc) is 2.94. The maximum atomic E-state index is 13.7. The molecule has 0 aliphatic carbocycles. The first-order valence-corrected chi connectivity index (χ1v) is 14.3. The van der Waals surface area contributed by atoms with Crippen LogP contribution in [0.3, 0.4) is 0 Å². The Bertz CT molecular complexity index is 1340. The quantitative estimate of drug-likeness (QED) is 0.425. The largest absolute Gasteiger partial charge is 0.495 e. The monoisotopic (exact) mass is 537 g/mol. The molecule has 8 nitrogen and oxygen atoms in total. The van der Waals surface area contributed by atoms with E-state index in [1.165, 1.54) is 6.07 Å². The van der Waals surface area contributed by atoms with E-state index in [0.717, 1.165) is 17.0 Å². The van der Waals surface area contributed by atoms with Crippen molar-refractivity contribution in [2.45, 2.75) is 31.2 Å². The van der Waals surface area contributed by atoms with Gasteiger partial charge in [0.1, 0.15) is 17.5 Å². The zero-order chi connectivity index (χ0) is 27.1. The van der Waals surface area contributed by atoms with Crippen molar-refractivity contribution < 1.29 is 22.7 Å². The van der Waals surface area contributed by atoms with E-state index in [-0.39, 0.29) is 17.2 Å². The smallest absolute Gasteiger partial charge is 0.241 e. The number of ether oxygens (including phenoxy) is 2. The first kappa shape index (κ1) is 27.5. The molecule has 1 fully saturated rings. The number of rotatable bonds is 10. The number of methoxy groups -OCH3 is 1. The van der Waals surface area contributed by atoms with Gasteiger partial charge in [-0.05, 0) is 61.7 Å². The van der Waals surface area contributed by atoms with Gasteiger partial charge in [-0.2, -0.15) is 4.72 Å². The Balaban J connectivity index is 1.52. The average molecular weight is 538 g/mol. The summed E-state index contributed by atoms with van der Waals surface area (Å²) in [6, 6.07) is 21.1. The maximum absolute atomic E-state index is 13.7. The predicted molar refractivity (Wildman–Crippen MR) is 148 cm³/mol. The molecule has 1 heterocycles. The van der Waals surface area contributed by atoms with Crippen molar-refractivity contribution in [3.63, 3.8) is 0 Å². The third kappa shape index (κ3) is 6.46. The van der Waals surface area contributed by atoms with Gasteiger partial charge >= 0.3 is 0 Å². The highest BCUT2D eigenvalue weighted by Gasteiger charge is 2.32. The number of aryl methyl sites for hydroxylation is 1. The van der Waals surface area contributed by atoms with E-state index in [2.05, 4.69) is 9.62 Å². The van der Waals surface area contributed by atoms with Crippen LogP contribution in [0.25, 0.3) is 0 Å². The summed E-state index contributed by atoms with van der Waals surface area (Å²) in [6.45, 7) is 6.37. The van der Waals surface area contributed by atoms with Crippen molar-refractivity contribution in [2.75, 3.05) is 44.8 Å². The Morgan fingerprint density at radius 2 is 1.63 bits per heavy atom. The van der Waals surface area contributed by atoms with Gasteiger partial charge in [-0.25, -0.2) is 8.42 Å². The third-order valence-corrected chi connectivity index (χ3v) is 8.12. The Morgan fingerprint density at radius 1 is 0.947 bits per heavy atom. The summed E-state index contributed by atoms with van der Waals surface area (Å²) < 4.78 is 40.6. The van der Waals surface area contributed by atoms with Crippen LogP contribution in [0.4, 0.5) is 5.69 Å². The third-order valence-electron chi connectivity index (χ3n) is 6.65. The van der Waals surface area contributed by atoms with Crippen LogP contribution in [0.2, 0.25) is 0 Å². The maximum Gasteiger partial charge on any atom is 0.241 e. The molecule has 0 saturated carbocycles. The molecule has 3 aromatic rings. The van der Waals surface area contributed by atoms with Gasteiger partial charge in [0.05, 0.1) is 24.3 Å². The fourth-order valence-electron chi connectivity index (χ4n) is 4.67. The van der Waals surface area contributed by atoms with Gasteiger partial charge in [0.15, 0.2) is 0 Å². The van der Waals surface area contributed by atoms with E-state index in [1.807, 2.05) is 61.5 Å². The second kappa shape index (κ2) is 12.3. The summed E-state index contributed by atoms with van der Waals surface area (Å²) in [7, 11) is -2.32. The van der Waals surface area contributed by atoms with Crippen molar-refractivity contribution in [1.82, 2.24) is 9.62 Å². The number of benzene rings is 3. The molecule has 1 aliphatic rings. The van der Waals surface area contributed by atoms with E-state index < -0.39 is 16.1 Å². The lowest BCUT2D eigenvalue weighted by Gasteiger charge is -2.38. The number of anilines is 1. The zero-order valence-corrected chi connectivity index (χ0v) is 22.9. The van der Waals surface area contributed by atoms with Crippen LogP contribution in [0, 0.1) is 6.92 Å². The van der Waals surface area contributed by atoms with Crippen LogP contribution in [0.15, 0.2) is 77.7 Å². The molecular formula is C29H35N3O5S.